The maximum atomic E-state index is 10.4. The summed E-state index contributed by atoms with van der Waals surface area (Å²) in [7, 11) is 1.71. The van der Waals surface area contributed by atoms with Crippen LogP contribution in [0.5, 0.6) is 5.75 Å². The van der Waals surface area contributed by atoms with Gasteiger partial charge in [0.05, 0.1) is 22.0 Å². The summed E-state index contributed by atoms with van der Waals surface area (Å²) >= 11 is 13.7. The molecule has 0 saturated carbocycles. The van der Waals surface area contributed by atoms with Crippen LogP contribution in [-0.4, -0.2) is 23.0 Å². The highest BCUT2D eigenvalue weighted by Crippen LogP contribution is 2.29. The van der Waals surface area contributed by atoms with E-state index >= 15 is 0 Å². The standard InChI is InChI=1S/C21H15Cl2N3OS/c1-24-21-26(19(12-28-21)14-6-8-17(22)18(23)10-14)25-11-16-15-5-3-2-4-13(15)7-9-20(16)27/h2-12,27H,1H3. The molecule has 0 aliphatic heterocycles. The summed E-state index contributed by atoms with van der Waals surface area (Å²) in [6, 6.07) is 16.8. The molecule has 0 unspecified atom stereocenters. The summed E-state index contributed by atoms with van der Waals surface area (Å²) in [5, 5.41) is 19.9. The number of hydrogen-bond acceptors (Lipinski definition) is 4. The third kappa shape index (κ3) is 3.44. The molecule has 0 amide bonds. The maximum absolute atomic E-state index is 10.4. The SMILES string of the molecule is CN=c1scc(-c2ccc(Cl)c(Cl)c2)n1N=Cc1c(O)ccc2ccccc12. The largest absolute Gasteiger partial charge is 0.507 e. The lowest BCUT2D eigenvalue weighted by atomic mass is 10.0. The Morgan fingerprint density at radius 2 is 1.86 bits per heavy atom. The predicted octanol–water partition coefficient (Wildman–Crippen LogP) is 5.79. The molecule has 28 heavy (non-hydrogen) atoms. The molecule has 1 aromatic heterocycles. The highest BCUT2D eigenvalue weighted by Gasteiger charge is 2.10. The lowest BCUT2D eigenvalue weighted by Gasteiger charge is -2.07. The number of aromatic nitrogens is 1. The summed E-state index contributed by atoms with van der Waals surface area (Å²) in [6.07, 6.45) is 1.65. The Bertz CT molecular complexity index is 1270. The van der Waals surface area contributed by atoms with Gasteiger partial charge in [0.15, 0.2) is 0 Å². The molecule has 0 spiro atoms. The van der Waals surface area contributed by atoms with Crippen molar-refractivity contribution in [2.75, 3.05) is 7.05 Å². The van der Waals surface area contributed by atoms with Crippen molar-refractivity contribution >= 4 is 51.5 Å². The number of phenolic OH excluding ortho intramolecular Hbond substituents is 1. The number of nitrogens with zero attached hydrogens (tertiary/aromatic N) is 3. The van der Waals surface area contributed by atoms with Crippen molar-refractivity contribution in [1.29, 1.82) is 0 Å². The smallest absolute Gasteiger partial charge is 0.205 e. The average Bonchev–Trinajstić information content (AvgIpc) is 3.12. The minimum absolute atomic E-state index is 0.171. The lowest BCUT2D eigenvalue weighted by Crippen LogP contribution is -2.11. The van der Waals surface area contributed by atoms with Gasteiger partial charge in [-0.3, -0.25) is 4.99 Å². The molecule has 0 atom stereocenters. The number of benzene rings is 3. The zero-order chi connectivity index (χ0) is 19.7. The van der Waals surface area contributed by atoms with Gasteiger partial charge >= 0.3 is 0 Å². The van der Waals surface area contributed by atoms with Crippen LogP contribution in [0.4, 0.5) is 0 Å². The van der Waals surface area contributed by atoms with Crippen molar-refractivity contribution in [3.05, 3.63) is 80.4 Å². The van der Waals surface area contributed by atoms with E-state index in [-0.39, 0.29) is 5.75 Å². The van der Waals surface area contributed by atoms with Gasteiger partial charge in [-0.1, -0.05) is 59.6 Å². The van der Waals surface area contributed by atoms with Crippen LogP contribution < -0.4 is 4.80 Å². The molecule has 0 fully saturated rings. The molecule has 1 heterocycles. The zero-order valence-electron chi connectivity index (χ0n) is 14.8. The second-order valence-corrected chi connectivity index (χ2v) is 7.68. The molecule has 0 saturated heterocycles. The van der Waals surface area contributed by atoms with E-state index < -0.39 is 0 Å². The van der Waals surface area contributed by atoms with Crippen molar-refractivity contribution in [1.82, 2.24) is 4.68 Å². The number of aromatic hydroxyl groups is 1. The van der Waals surface area contributed by atoms with Crippen LogP contribution in [0.1, 0.15) is 5.56 Å². The van der Waals surface area contributed by atoms with Gasteiger partial charge in [-0.25, -0.2) is 4.68 Å². The Kier molecular flexibility index (Phi) is 5.22. The van der Waals surface area contributed by atoms with E-state index in [1.54, 1.807) is 36.1 Å². The molecule has 4 aromatic rings. The van der Waals surface area contributed by atoms with Crippen molar-refractivity contribution in [3.63, 3.8) is 0 Å². The van der Waals surface area contributed by atoms with Crippen LogP contribution in [-0.2, 0) is 0 Å². The van der Waals surface area contributed by atoms with Gasteiger partial charge in [-0.2, -0.15) is 5.10 Å². The van der Waals surface area contributed by atoms with Gasteiger partial charge in [0.1, 0.15) is 5.75 Å². The number of thiazole rings is 1. The number of phenols is 1. The number of hydrogen-bond donors (Lipinski definition) is 1. The highest BCUT2D eigenvalue weighted by molar-refractivity contribution is 7.07. The topological polar surface area (TPSA) is 49.9 Å². The van der Waals surface area contributed by atoms with Crippen molar-refractivity contribution < 1.29 is 5.11 Å². The molecule has 4 rings (SSSR count). The Balaban J connectivity index is 1.86. The zero-order valence-corrected chi connectivity index (χ0v) is 17.1. The van der Waals surface area contributed by atoms with E-state index in [1.807, 2.05) is 41.8 Å². The lowest BCUT2D eigenvalue weighted by molar-refractivity contribution is 0.475. The van der Waals surface area contributed by atoms with E-state index in [0.29, 0.717) is 15.6 Å². The summed E-state index contributed by atoms with van der Waals surface area (Å²) in [5.74, 6) is 0.171. The second kappa shape index (κ2) is 7.80. The highest BCUT2D eigenvalue weighted by atomic mass is 35.5. The Morgan fingerprint density at radius 3 is 2.64 bits per heavy atom. The van der Waals surface area contributed by atoms with Gasteiger partial charge in [0.25, 0.3) is 0 Å². The second-order valence-electron chi connectivity index (χ2n) is 6.03. The fourth-order valence-corrected chi connectivity index (χ4v) is 4.05. The molecular formula is C21H15Cl2N3OS. The first kappa shape index (κ1) is 18.7. The van der Waals surface area contributed by atoms with Crippen molar-refractivity contribution in [2.45, 2.75) is 0 Å². The molecule has 140 valence electrons. The molecule has 3 aromatic carbocycles. The van der Waals surface area contributed by atoms with Crippen LogP contribution in [0.15, 0.2) is 70.1 Å². The normalized spacial score (nSPS) is 12.3. The van der Waals surface area contributed by atoms with E-state index in [9.17, 15) is 5.11 Å². The minimum Gasteiger partial charge on any atom is -0.507 e. The first-order valence-electron chi connectivity index (χ1n) is 8.42. The summed E-state index contributed by atoms with van der Waals surface area (Å²) < 4.78 is 1.73. The molecule has 1 N–H and O–H groups in total. The van der Waals surface area contributed by atoms with Gasteiger partial charge in [0, 0.05) is 23.6 Å². The first-order valence-corrected chi connectivity index (χ1v) is 10.1. The summed E-state index contributed by atoms with van der Waals surface area (Å²) in [5.41, 5.74) is 2.36. The first-order chi connectivity index (χ1) is 13.6. The van der Waals surface area contributed by atoms with Gasteiger partial charge in [0.2, 0.25) is 4.80 Å². The molecule has 7 heteroatoms. The van der Waals surface area contributed by atoms with Crippen molar-refractivity contribution in [2.24, 2.45) is 10.1 Å². The van der Waals surface area contributed by atoms with Crippen LogP contribution in [0.2, 0.25) is 10.0 Å². The molecule has 4 nitrogen and oxygen atoms in total. The fraction of sp³-hybridized carbons (Fsp3) is 0.0476. The van der Waals surface area contributed by atoms with Gasteiger partial charge < -0.3 is 5.11 Å². The Labute approximate surface area is 175 Å². The van der Waals surface area contributed by atoms with Crippen LogP contribution in [0.3, 0.4) is 0 Å². The molecule has 0 aliphatic rings. The molecular weight excluding hydrogens is 413 g/mol. The molecule has 0 bridgehead atoms. The Morgan fingerprint density at radius 1 is 1.04 bits per heavy atom. The van der Waals surface area contributed by atoms with Crippen LogP contribution in [0, 0.1) is 0 Å². The van der Waals surface area contributed by atoms with E-state index in [1.165, 1.54) is 11.3 Å². The average molecular weight is 428 g/mol. The van der Waals surface area contributed by atoms with Crippen LogP contribution in [0.25, 0.3) is 22.0 Å². The van der Waals surface area contributed by atoms with E-state index in [0.717, 1.165) is 26.8 Å². The van der Waals surface area contributed by atoms with Crippen molar-refractivity contribution in [3.8, 4) is 17.0 Å². The Hall–Kier alpha value is -2.60. The molecule has 0 radical (unpaired) electrons. The summed E-state index contributed by atoms with van der Waals surface area (Å²) in [6.45, 7) is 0. The third-order valence-electron chi connectivity index (χ3n) is 4.34. The predicted molar refractivity (Wildman–Crippen MR) is 118 cm³/mol. The van der Waals surface area contributed by atoms with E-state index in [4.69, 9.17) is 23.2 Å². The van der Waals surface area contributed by atoms with Crippen LogP contribution >= 0.6 is 34.5 Å². The fourth-order valence-electron chi connectivity index (χ4n) is 2.95. The van der Waals surface area contributed by atoms with Gasteiger partial charge in [-0.05, 0) is 29.0 Å². The quantitative estimate of drug-likeness (QED) is 0.413. The minimum atomic E-state index is 0.171. The molecule has 0 aliphatic carbocycles. The maximum Gasteiger partial charge on any atom is 0.205 e. The third-order valence-corrected chi connectivity index (χ3v) is 5.99. The van der Waals surface area contributed by atoms with E-state index in [2.05, 4.69) is 10.1 Å². The number of fused-ring (bicyclic) bond motifs is 1. The monoisotopic (exact) mass is 427 g/mol. The summed E-state index contributed by atoms with van der Waals surface area (Å²) in [4.78, 5) is 5.02. The van der Waals surface area contributed by atoms with Gasteiger partial charge in [-0.15, -0.1) is 11.3 Å². The number of halogens is 2. The number of rotatable bonds is 3.